The molecule has 0 radical (unpaired) electrons. The quantitative estimate of drug-likeness (QED) is 0.501. The standard InChI is InChI=1S/C14H16N2O3/c1-9-5-10(2)7-12(6-9)19-8-11-3-4-18-13(11)14(17)16-15/h3-7H,8,15H2,1-2H3,(H,16,17). The molecule has 0 bridgehead atoms. The molecule has 2 rings (SSSR count). The molecule has 0 atom stereocenters. The van der Waals surface area contributed by atoms with Crippen LogP contribution in [0.1, 0.15) is 27.2 Å². The van der Waals surface area contributed by atoms with Gasteiger partial charge in [0.25, 0.3) is 0 Å². The normalized spacial score (nSPS) is 10.3. The molecule has 0 unspecified atom stereocenters. The van der Waals surface area contributed by atoms with Gasteiger partial charge in [0, 0.05) is 5.56 Å². The predicted octanol–water partition coefficient (Wildman–Crippen LogP) is 2.08. The molecule has 0 saturated carbocycles. The van der Waals surface area contributed by atoms with E-state index in [2.05, 4.69) is 6.07 Å². The van der Waals surface area contributed by atoms with Crippen molar-refractivity contribution in [2.45, 2.75) is 20.5 Å². The van der Waals surface area contributed by atoms with E-state index in [0.717, 1.165) is 16.9 Å². The number of carbonyl (C=O) groups is 1. The number of amides is 1. The lowest BCUT2D eigenvalue weighted by Gasteiger charge is -2.08. The molecule has 19 heavy (non-hydrogen) atoms. The van der Waals surface area contributed by atoms with Crippen LogP contribution in [0.15, 0.2) is 34.9 Å². The lowest BCUT2D eigenvalue weighted by atomic mass is 10.1. The Kier molecular flexibility index (Phi) is 3.87. The van der Waals surface area contributed by atoms with E-state index in [1.807, 2.05) is 31.4 Å². The van der Waals surface area contributed by atoms with E-state index in [1.165, 1.54) is 6.26 Å². The summed E-state index contributed by atoms with van der Waals surface area (Å²) >= 11 is 0. The summed E-state index contributed by atoms with van der Waals surface area (Å²) < 4.78 is 10.7. The fraction of sp³-hybridized carbons (Fsp3) is 0.214. The first kappa shape index (κ1) is 13.2. The summed E-state index contributed by atoms with van der Waals surface area (Å²) in [4.78, 5) is 11.4. The van der Waals surface area contributed by atoms with Crippen molar-refractivity contribution >= 4 is 5.91 Å². The van der Waals surface area contributed by atoms with E-state index in [9.17, 15) is 4.79 Å². The van der Waals surface area contributed by atoms with E-state index in [0.29, 0.717) is 5.56 Å². The second kappa shape index (κ2) is 5.58. The highest BCUT2D eigenvalue weighted by molar-refractivity contribution is 5.92. The molecule has 2 aromatic rings. The van der Waals surface area contributed by atoms with Crippen molar-refractivity contribution in [3.05, 3.63) is 53.0 Å². The molecule has 0 aliphatic carbocycles. The van der Waals surface area contributed by atoms with Gasteiger partial charge in [-0.15, -0.1) is 0 Å². The first-order valence-electron chi connectivity index (χ1n) is 5.88. The van der Waals surface area contributed by atoms with Gasteiger partial charge in [0.15, 0.2) is 5.76 Å². The first-order valence-corrected chi connectivity index (χ1v) is 5.88. The number of hydrazine groups is 1. The average molecular weight is 260 g/mol. The van der Waals surface area contributed by atoms with Crippen LogP contribution in [0.25, 0.3) is 0 Å². The molecule has 0 aliphatic rings. The lowest BCUT2D eigenvalue weighted by molar-refractivity contribution is 0.0922. The summed E-state index contributed by atoms with van der Waals surface area (Å²) in [7, 11) is 0. The zero-order chi connectivity index (χ0) is 13.8. The summed E-state index contributed by atoms with van der Waals surface area (Å²) in [6, 6.07) is 7.64. The number of carbonyl (C=O) groups excluding carboxylic acids is 1. The smallest absolute Gasteiger partial charge is 0.301 e. The molecule has 0 aliphatic heterocycles. The lowest BCUT2D eigenvalue weighted by Crippen LogP contribution is -2.30. The Morgan fingerprint density at radius 3 is 2.63 bits per heavy atom. The Morgan fingerprint density at radius 1 is 1.32 bits per heavy atom. The Labute approximate surface area is 111 Å². The van der Waals surface area contributed by atoms with Crippen LogP contribution >= 0.6 is 0 Å². The molecule has 1 aromatic carbocycles. The van der Waals surface area contributed by atoms with Gasteiger partial charge in [-0.25, -0.2) is 5.84 Å². The number of aryl methyl sites for hydroxylation is 2. The zero-order valence-corrected chi connectivity index (χ0v) is 10.9. The van der Waals surface area contributed by atoms with Crippen molar-refractivity contribution in [1.82, 2.24) is 5.43 Å². The summed E-state index contributed by atoms with van der Waals surface area (Å²) in [5, 5.41) is 0. The van der Waals surface area contributed by atoms with Crippen LogP contribution in [-0.2, 0) is 6.61 Å². The highest BCUT2D eigenvalue weighted by Gasteiger charge is 2.14. The van der Waals surface area contributed by atoms with Crippen molar-refractivity contribution < 1.29 is 13.9 Å². The summed E-state index contributed by atoms with van der Waals surface area (Å²) in [6.45, 7) is 4.26. The summed E-state index contributed by atoms with van der Waals surface area (Å²) in [5.41, 5.74) is 4.94. The maximum atomic E-state index is 11.4. The van der Waals surface area contributed by atoms with Crippen molar-refractivity contribution in [1.29, 1.82) is 0 Å². The number of nitrogens with two attached hydrogens (primary N) is 1. The molecule has 3 N–H and O–H groups in total. The second-order valence-corrected chi connectivity index (χ2v) is 4.36. The molecule has 1 aromatic heterocycles. The minimum Gasteiger partial charge on any atom is -0.489 e. The van der Waals surface area contributed by atoms with Crippen molar-refractivity contribution in [3.63, 3.8) is 0 Å². The van der Waals surface area contributed by atoms with Crippen LogP contribution in [0.4, 0.5) is 0 Å². The van der Waals surface area contributed by atoms with Crippen LogP contribution in [0, 0.1) is 13.8 Å². The monoisotopic (exact) mass is 260 g/mol. The third-order valence-corrected chi connectivity index (χ3v) is 2.67. The number of nitrogens with one attached hydrogen (secondary N) is 1. The zero-order valence-electron chi connectivity index (χ0n) is 10.9. The molecule has 0 saturated heterocycles. The number of nitrogen functional groups attached to an aromatic ring is 1. The maximum Gasteiger partial charge on any atom is 0.301 e. The van der Waals surface area contributed by atoms with Crippen LogP contribution in [0.5, 0.6) is 5.75 Å². The van der Waals surface area contributed by atoms with E-state index in [4.69, 9.17) is 15.0 Å². The summed E-state index contributed by atoms with van der Waals surface area (Å²) in [6.07, 6.45) is 1.44. The predicted molar refractivity (Wildman–Crippen MR) is 70.6 cm³/mol. The van der Waals surface area contributed by atoms with Gasteiger partial charge in [-0.05, 0) is 43.2 Å². The van der Waals surface area contributed by atoms with Gasteiger partial charge in [0.2, 0.25) is 0 Å². The number of hydrogen-bond acceptors (Lipinski definition) is 4. The van der Waals surface area contributed by atoms with Crippen LogP contribution in [-0.4, -0.2) is 5.91 Å². The van der Waals surface area contributed by atoms with E-state index < -0.39 is 5.91 Å². The number of ether oxygens (including phenoxy) is 1. The van der Waals surface area contributed by atoms with E-state index in [1.54, 1.807) is 6.07 Å². The Hall–Kier alpha value is -2.27. The average Bonchev–Trinajstić information content (AvgIpc) is 2.82. The van der Waals surface area contributed by atoms with Gasteiger partial charge < -0.3 is 9.15 Å². The molecule has 5 nitrogen and oxygen atoms in total. The molecule has 0 spiro atoms. The molecular weight excluding hydrogens is 244 g/mol. The van der Waals surface area contributed by atoms with E-state index in [-0.39, 0.29) is 12.4 Å². The highest BCUT2D eigenvalue weighted by Crippen LogP contribution is 2.19. The van der Waals surface area contributed by atoms with Gasteiger partial charge in [-0.3, -0.25) is 10.2 Å². The highest BCUT2D eigenvalue weighted by atomic mass is 16.5. The van der Waals surface area contributed by atoms with E-state index >= 15 is 0 Å². The van der Waals surface area contributed by atoms with Gasteiger partial charge in [-0.2, -0.15) is 0 Å². The van der Waals surface area contributed by atoms with Crippen molar-refractivity contribution in [3.8, 4) is 5.75 Å². The minimum atomic E-state index is -0.468. The number of benzene rings is 1. The number of hydrogen-bond donors (Lipinski definition) is 2. The van der Waals surface area contributed by atoms with Crippen LogP contribution < -0.4 is 16.0 Å². The molecular formula is C14H16N2O3. The number of rotatable bonds is 4. The third kappa shape index (κ3) is 3.14. The van der Waals surface area contributed by atoms with Crippen molar-refractivity contribution in [2.24, 2.45) is 5.84 Å². The van der Waals surface area contributed by atoms with Gasteiger partial charge in [0.05, 0.1) is 6.26 Å². The molecule has 0 fully saturated rings. The Morgan fingerprint density at radius 2 is 2.00 bits per heavy atom. The Bertz CT molecular complexity index is 570. The fourth-order valence-corrected chi connectivity index (χ4v) is 1.89. The second-order valence-electron chi connectivity index (χ2n) is 4.36. The molecule has 1 heterocycles. The minimum absolute atomic E-state index is 0.173. The maximum absolute atomic E-state index is 11.4. The summed E-state index contributed by atoms with van der Waals surface area (Å²) in [5.74, 6) is 5.55. The Balaban J connectivity index is 2.10. The topological polar surface area (TPSA) is 77.5 Å². The van der Waals surface area contributed by atoms with Gasteiger partial charge >= 0.3 is 5.91 Å². The van der Waals surface area contributed by atoms with Crippen LogP contribution in [0.3, 0.4) is 0 Å². The molecule has 100 valence electrons. The van der Waals surface area contributed by atoms with Gasteiger partial charge in [0.1, 0.15) is 12.4 Å². The number of furan rings is 1. The van der Waals surface area contributed by atoms with Gasteiger partial charge in [-0.1, -0.05) is 6.07 Å². The largest absolute Gasteiger partial charge is 0.489 e. The fourth-order valence-electron chi connectivity index (χ4n) is 1.89. The SMILES string of the molecule is Cc1cc(C)cc(OCc2ccoc2C(=O)NN)c1. The molecule has 1 amide bonds. The third-order valence-electron chi connectivity index (χ3n) is 2.67. The van der Waals surface area contributed by atoms with Crippen LogP contribution in [0.2, 0.25) is 0 Å². The molecule has 5 heteroatoms. The first-order chi connectivity index (χ1) is 9.10. The van der Waals surface area contributed by atoms with Crippen molar-refractivity contribution in [2.75, 3.05) is 0 Å².